The minimum absolute atomic E-state index is 0.0981. The lowest BCUT2D eigenvalue weighted by molar-refractivity contribution is 0.0692. The molecule has 0 atom stereocenters. The van der Waals surface area contributed by atoms with E-state index in [-0.39, 0.29) is 16.7 Å². The van der Waals surface area contributed by atoms with Gasteiger partial charge in [0.25, 0.3) is 5.91 Å². The third-order valence-electron chi connectivity index (χ3n) is 3.02. The van der Waals surface area contributed by atoms with E-state index in [0.717, 1.165) is 11.6 Å². The third-order valence-corrected chi connectivity index (χ3v) is 3.02. The molecular formula is C16H13NO5. The molecule has 2 aromatic rings. The maximum atomic E-state index is 12.2. The van der Waals surface area contributed by atoms with Gasteiger partial charge in [0.1, 0.15) is 0 Å². The number of amides is 1. The molecule has 0 aromatic heterocycles. The first kappa shape index (κ1) is 15.2. The van der Waals surface area contributed by atoms with Crippen molar-refractivity contribution in [1.29, 1.82) is 0 Å². The number of hydrogen-bond acceptors (Lipinski definition) is 3. The maximum Gasteiger partial charge on any atom is 0.336 e. The number of nitrogens with one attached hydrogen (secondary N) is 1. The molecule has 0 bridgehead atoms. The van der Waals surface area contributed by atoms with Gasteiger partial charge < -0.3 is 15.5 Å². The highest BCUT2D eigenvalue weighted by Gasteiger charge is 2.19. The van der Waals surface area contributed by atoms with E-state index in [0.29, 0.717) is 5.69 Å². The van der Waals surface area contributed by atoms with Crippen LogP contribution in [-0.2, 0) is 0 Å². The van der Waals surface area contributed by atoms with Crippen molar-refractivity contribution in [2.24, 2.45) is 0 Å². The Balaban J connectivity index is 2.36. The van der Waals surface area contributed by atoms with Gasteiger partial charge in [-0.2, -0.15) is 0 Å². The van der Waals surface area contributed by atoms with Gasteiger partial charge in [0.05, 0.1) is 16.7 Å². The monoisotopic (exact) mass is 299 g/mol. The predicted molar refractivity (Wildman–Crippen MR) is 79.5 cm³/mol. The number of carboxylic acid groups (broad SMARTS) is 2. The Kier molecular flexibility index (Phi) is 4.22. The van der Waals surface area contributed by atoms with Crippen LogP contribution in [0, 0.1) is 6.92 Å². The van der Waals surface area contributed by atoms with Crippen molar-refractivity contribution in [2.75, 3.05) is 5.32 Å². The van der Waals surface area contributed by atoms with Gasteiger partial charge in [0.15, 0.2) is 0 Å². The normalized spacial score (nSPS) is 10.0. The molecule has 0 radical (unpaired) electrons. The van der Waals surface area contributed by atoms with E-state index in [1.807, 2.05) is 13.0 Å². The smallest absolute Gasteiger partial charge is 0.336 e. The number of anilines is 1. The lowest BCUT2D eigenvalue weighted by Crippen LogP contribution is -2.17. The van der Waals surface area contributed by atoms with Crippen LogP contribution in [0.1, 0.15) is 36.6 Å². The first-order chi connectivity index (χ1) is 10.4. The van der Waals surface area contributed by atoms with E-state index in [1.165, 1.54) is 12.1 Å². The van der Waals surface area contributed by atoms with Gasteiger partial charge in [0.2, 0.25) is 0 Å². The van der Waals surface area contributed by atoms with E-state index in [2.05, 4.69) is 5.32 Å². The summed E-state index contributed by atoms with van der Waals surface area (Å²) in [7, 11) is 0. The van der Waals surface area contributed by atoms with Crippen molar-refractivity contribution in [3.05, 3.63) is 64.7 Å². The molecule has 0 saturated heterocycles. The van der Waals surface area contributed by atoms with Crippen LogP contribution in [-0.4, -0.2) is 28.1 Å². The number of hydrogen-bond donors (Lipinski definition) is 3. The molecule has 0 aliphatic heterocycles. The molecule has 0 aliphatic carbocycles. The lowest BCUT2D eigenvalue weighted by atomic mass is 10.0. The number of carboxylic acids is 2. The van der Waals surface area contributed by atoms with Gasteiger partial charge in [-0.1, -0.05) is 12.1 Å². The fourth-order valence-corrected chi connectivity index (χ4v) is 1.97. The van der Waals surface area contributed by atoms with Crippen LogP contribution in [0.15, 0.2) is 42.5 Å². The van der Waals surface area contributed by atoms with Crippen molar-refractivity contribution in [2.45, 2.75) is 6.92 Å². The summed E-state index contributed by atoms with van der Waals surface area (Å²) < 4.78 is 0. The summed E-state index contributed by atoms with van der Waals surface area (Å²) >= 11 is 0. The van der Waals surface area contributed by atoms with Crippen molar-refractivity contribution in [3.8, 4) is 0 Å². The SMILES string of the molecule is Cc1cccc(NC(=O)c2ccc(C(=O)O)cc2C(=O)O)c1. The largest absolute Gasteiger partial charge is 0.478 e. The number of benzene rings is 2. The van der Waals surface area contributed by atoms with Gasteiger partial charge in [0, 0.05) is 5.69 Å². The van der Waals surface area contributed by atoms with E-state index < -0.39 is 17.8 Å². The Morgan fingerprint density at radius 1 is 0.909 bits per heavy atom. The predicted octanol–water partition coefficient (Wildman–Crippen LogP) is 2.64. The molecule has 112 valence electrons. The van der Waals surface area contributed by atoms with Crippen molar-refractivity contribution < 1.29 is 24.6 Å². The quantitative estimate of drug-likeness (QED) is 0.805. The average molecular weight is 299 g/mol. The van der Waals surface area contributed by atoms with Crippen LogP contribution >= 0.6 is 0 Å². The summed E-state index contributed by atoms with van der Waals surface area (Å²) in [6.45, 7) is 1.86. The molecule has 6 nitrogen and oxygen atoms in total. The number of carbonyl (C=O) groups excluding carboxylic acids is 1. The first-order valence-electron chi connectivity index (χ1n) is 6.37. The van der Waals surface area contributed by atoms with E-state index >= 15 is 0 Å². The molecule has 3 N–H and O–H groups in total. The van der Waals surface area contributed by atoms with E-state index in [4.69, 9.17) is 10.2 Å². The minimum Gasteiger partial charge on any atom is -0.478 e. The van der Waals surface area contributed by atoms with Crippen LogP contribution in [0.3, 0.4) is 0 Å². The molecule has 6 heteroatoms. The van der Waals surface area contributed by atoms with Crippen LogP contribution in [0.2, 0.25) is 0 Å². The lowest BCUT2D eigenvalue weighted by Gasteiger charge is -2.09. The van der Waals surface area contributed by atoms with Crippen molar-refractivity contribution in [1.82, 2.24) is 0 Å². The summed E-state index contributed by atoms with van der Waals surface area (Å²) in [6, 6.07) is 10.4. The van der Waals surface area contributed by atoms with Gasteiger partial charge in [-0.3, -0.25) is 4.79 Å². The molecule has 22 heavy (non-hydrogen) atoms. The summed E-state index contributed by atoms with van der Waals surface area (Å²) in [5, 5.41) is 20.6. The van der Waals surface area contributed by atoms with E-state index in [1.54, 1.807) is 18.2 Å². The fraction of sp³-hybridized carbons (Fsp3) is 0.0625. The molecule has 0 unspecified atom stereocenters. The highest BCUT2D eigenvalue weighted by molar-refractivity contribution is 6.11. The summed E-state index contributed by atoms with van der Waals surface area (Å²) in [5.41, 5.74) is 0.828. The number of carbonyl (C=O) groups is 3. The minimum atomic E-state index is -1.36. The van der Waals surface area contributed by atoms with Crippen molar-refractivity contribution in [3.63, 3.8) is 0 Å². The molecule has 0 aliphatic rings. The highest BCUT2D eigenvalue weighted by Crippen LogP contribution is 2.16. The van der Waals surface area contributed by atoms with Crippen LogP contribution in [0.4, 0.5) is 5.69 Å². The second kappa shape index (κ2) is 6.09. The van der Waals surface area contributed by atoms with Crippen LogP contribution in [0.25, 0.3) is 0 Å². The van der Waals surface area contributed by atoms with Crippen LogP contribution < -0.4 is 5.32 Å². The first-order valence-corrected chi connectivity index (χ1v) is 6.37. The Bertz CT molecular complexity index is 767. The molecule has 1 amide bonds. The third kappa shape index (κ3) is 3.29. The number of aromatic carboxylic acids is 2. The zero-order valence-corrected chi connectivity index (χ0v) is 11.7. The summed E-state index contributed by atoms with van der Waals surface area (Å²) in [5.74, 6) is -3.23. The molecule has 0 heterocycles. The Morgan fingerprint density at radius 3 is 2.23 bits per heavy atom. The maximum absolute atomic E-state index is 12.2. The topological polar surface area (TPSA) is 104 Å². The van der Waals surface area contributed by atoms with E-state index in [9.17, 15) is 14.4 Å². The molecular weight excluding hydrogens is 286 g/mol. The molecule has 0 spiro atoms. The molecule has 0 saturated carbocycles. The zero-order chi connectivity index (χ0) is 16.3. The molecule has 0 fully saturated rings. The highest BCUT2D eigenvalue weighted by atomic mass is 16.4. The fourth-order valence-electron chi connectivity index (χ4n) is 1.97. The molecule has 2 rings (SSSR count). The van der Waals surface area contributed by atoms with Crippen LogP contribution in [0.5, 0.6) is 0 Å². The Hall–Kier alpha value is -3.15. The zero-order valence-electron chi connectivity index (χ0n) is 11.7. The number of rotatable bonds is 4. The van der Waals surface area contributed by atoms with Crippen molar-refractivity contribution >= 4 is 23.5 Å². The van der Waals surface area contributed by atoms with Gasteiger partial charge in [-0.05, 0) is 42.8 Å². The summed E-state index contributed by atoms with van der Waals surface area (Å²) in [4.78, 5) is 34.3. The summed E-state index contributed by atoms with van der Waals surface area (Å²) in [6.07, 6.45) is 0. The Labute approximate surface area is 126 Å². The van der Waals surface area contributed by atoms with Gasteiger partial charge >= 0.3 is 11.9 Å². The average Bonchev–Trinajstić information content (AvgIpc) is 2.46. The van der Waals surface area contributed by atoms with Gasteiger partial charge in [-0.15, -0.1) is 0 Å². The Morgan fingerprint density at radius 2 is 1.64 bits per heavy atom. The molecule has 2 aromatic carbocycles. The van der Waals surface area contributed by atoms with Gasteiger partial charge in [-0.25, -0.2) is 9.59 Å². The second-order valence-electron chi connectivity index (χ2n) is 4.69. The second-order valence-corrected chi connectivity index (χ2v) is 4.69. The standard InChI is InChI=1S/C16H13NO5/c1-9-3-2-4-11(7-9)17-14(18)12-6-5-10(15(19)20)8-13(12)16(21)22/h2-8H,1H3,(H,17,18)(H,19,20)(H,21,22). The number of aryl methyl sites for hydroxylation is 1.